The molecule has 0 aliphatic heterocycles. The van der Waals surface area contributed by atoms with E-state index in [0.29, 0.717) is 16.9 Å². The van der Waals surface area contributed by atoms with Crippen LogP contribution in [0, 0.1) is 0 Å². The third-order valence-electron chi connectivity index (χ3n) is 3.16. The van der Waals surface area contributed by atoms with Gasteiger partial charge >= 0.3 is 12.1 Å². The SMILES string of the molecule is CC(C)c1nc2cc(C(=O)O)ccc2n1CCC(F)(F)F. The Bertz CT molecular complexity index is 675. The second kappa shape index (κ2) is 5.38. The average Bonchev–Trinajstić information content (AvgIpc) is 2.73. The molecule has 0 unspecified atom stereocenters. The Balaban J connectivity index is 2.50. The van der Waals surface area contributed by atoms with Gasteiger partial charge in [-0.1, -0.05) is 13.8 Å². The van der Waals surface area contributed by atoms with E-state index in [2.05, 4.69) is 4.98 Å². The van der Waals surface area contributed by atoms with Gasteiger partial charge in [0, 0.05) is 12.5 Å². The van der Waals surface area contributed by atoms with Crippen LogP contribution in [-0.2, 0) is 6.54 Å². The van der Waals surface area contributed by atoms with Crippen molar-refractivity contribution < 1.29 is 23.1 Å². The number of hydrogen-bond donors (Lipinski definition) is 1. The molecule has 1 heterocycles. The molecule has 0 fully saturated rings. The van der Waals surface area contributed by atoms with Gasteiger partial charge in [-0.2, -0.15) is 13.2 Å². The first-order valence-electron chi connectivity index (χ1n) is 6.49. The summed E-state index contributed by atoms with van der Waals surface area (Å²) in [6, 6.07) is 4.27. The number of benzene rings is 1. The molecular formula is C14H15F3N2O2. The molecule has 0 amide bonds. The number of aromatic carboxylic acids is 1. The van der Waals surface area contributed by atoms with Crippen LogP contribution in [0.4, 0.5) is 13.2 Å². The van der Waals surface area contributed by atoms with Crippen molar-refractivity contribution in [2.45, 2.75) is 38.9 Å². The minimum Gasteiger partial charge on any atom is -0.478 e. The molecule has 0 radical (unpaired) electrons. The van der Waals surface area contributed by atoms with Gasteiger partial charge in [0.1, 0.15) is 5.82 Å². The van der Waals surface area contributed by atoms with Crippen LogP contribution >= 0.6 is 0 Å². The number of hydrogen-bond acceptors (Lipinski definition) is 2. The molecule has 0 atom stereocenters. The fourth-order valence-corrected chi connectivity index (χ4v) is 2.20. The van der Waals surface area contributed by atoms with Crippen LogP contribution in [0.15, 0.2) is 18.2 Å². The first kappa shape index (κ1) is 15.3. The summed E-state index contributed by atoms with van der Waals surface area (Å²) in [7, 11) is 0. The highest BCUT2D eigenvalue weighted by molar-refractivity contribution is 5.92. The number of carboxylic acids is 1. The lowest BCUT2D eigenvalue weighted by atomic mass is 10.2. The molecular weight excluding hydrogens is 285 g/mol. The van der Waals surface area contributed by atoms with Crippen LogP contribution in [-0.4, -0.2) is 26.8 Å². The predicted octanol–water partition coefficient (Wildman–Crippen LogP) is 3.81. The lowest BCUT2D eigenvalue weighted by Gasteiger charge is -2.13. The Hall–Kier alpha value is -2.05. The zero-order valence-corrected chi connectivity index (χ0v) is 11.6. The van der Waals surface area contributed by atoms with Crippen LogP contribution in [0.1, 0.15) is 42.4 Å². The molecule has 1 aromatic heterocycles. The van der Waals surface area contributed by atoms with Gasteiger partial charge in [0.2, 0.25) is 0 Å². The number of carboxylic acid groups (broad SMARTS) is 1. The van der Waals surface area contributed by atoms with Gasteiger partial charge in [-0.25, -0.2) is 9.78 Å². The van der Waals surface area contributed by atoms with Crippen molar-refractivity contribution in [1.29, 1.82) is 0 Å². The highest BCUT2D eigenvalue weighted by Crippen LogP contribution is 2.26. The smallest absolute Gasteiger partial charge is 0.390 e. The third-order valence-corrected chi connectivity index (χ3v) is 3.16. The summed E-state index contributed by atoms with van der Waals surface area (Å²) >= 11 is 0. The van der Waals surface area contributed by atoms with Gasteiger partial charge in [-0.3, -0.25) is 0 Å². The molecule has 0 saturated carbocycles. The Kier molecular flexibility index (Phi) is 3.93. The van der Waals surface area contributed by atoms with E-state index in [9.17, 15) is 18.0 Å². The van der Waals surface area contributed by atoms with Crippen molar-refractivity contribution in [1.82, 2.24) is 9.55 Å². The van der Waals surface area contributed by atoms with Crippen molar-refractivity contribution in [3.8, 4) is 0 Å². The summed E-state index contributed by atoms with van der Waals surface area (Å²) in [5, 5.41) is 8.96. The first-order chi connectivity index (χ1) is 9.69. The highest BCUT2D eigenvalue weighted by Gasteiger charge is 2.28. The predicted molar refractivity (Wildman–Crippen MR) is 71.5 cm³/mol. The number of rotatable bonds is 4. The molecule has 1 N–H and O–H groups in total. The summed E-state index contributed by atoms with van der Waals surface area (Å²) in [5.41, 5.74) is 0.993. The van der Waals surface area contributed by atoms with Gasteiger partial charge in [0.05, 0.1) is 23.0 Å². The fourth-order valence-electron chi connectivity index (χ4n) is 2.20. The molecule has 7 heteroatoms. The maximum Gasteiger partial charge on any atom is 0.390 e. The monoisotopic (exact) mass is 300 g/mol. The molecule has 2 aromatic rings. The van der Waals surface area contributed by atoms with E-state index in [1.165, 1.54) is 22.8 Å². The maximum atomic E-state index is 12.4. The molecule has 0 saturated heterocycles. The van der Waals surface area contributed by atoms with Crippen LogP contribution in [0.25, 0.3) is 11.0 Å². The largest absolute Gasteiger partial charge is 0.478 e. The van der Waals surface area contributed by atoms with E-state index >= 15 is 0 Å². The van der Waals surface area contributed by atoms with Crippen molar-refractivity contribution in [2.75, 3.05) is 0 Å². The third kappa shape index (κ3) is 3.34. The van der Waals surface area contributed by atoms with E-state index in [-0.39, 0.29) is 18.0 Å². The van der Waals surface area contributed by atoms with E-state index in [0.717, 1.165) is 0 Å². The zero-order valence-electron chi connectivity index (χ0n) is 11.6. The summed E-state index contributed by atoms with van der Waals surface area (Å²) in [6.07, 6.45) is -5.19. The van der Waals surface area contributed by atoms with Crippen LogP contribution in [0.5, 0.6) is 0 Å². The molecule has 1 aromatic carbocycles. The number of nitrogens with zero attached hydrogens (tertiary/aromatic N) is 2. The minimum absolute atomic E-state index is 0.0566. The highest BCUT2D eigenvalue weighted by atomic mass is 19.4. The maximum absolute atomic E-state index is 12.4. The van der Waals surface area contributed by atoms with Crippen molar-refractivity contribution in [3.63, 3.8) is 0 Å². The number of aryl methyl sites for hydroxylation is 1. The van der Waals surface area contributed by atoms with E-state index in [1.807, 2.05) is 13.8 Å². The lowest BCUT2D eigenvalue weighted by Crippen LogP contribution is -2.14. The van der Waals surface area contributed by atoms with Gasteiger partial charge in [-0.15, -0.1) is 0 Å². The second-order valence-electron chi connectivity index (χ2n) is 5.15. The summed E-state index contributed by atoms with van der Waals surface area (Å²) in [5.74, 6) is -0.622. The topological polar surface area (TPSA) is 55.1 Å². The van der Waals surface area contributed by atoms with Gasteiger partial charge in [0.15, 0.2) is 0 Å². The molecule has 0 bridgehead atoms. The molecule has 21 heavy (non-hydrogen) atoms. The molecule has 0 spiro atoms. The Morgan fingerprint density at radius 3 is 2.57 bits per heavy atom. The van der Waals surface area contributed by atoms with Crippen LogP contribution < -0.4 is 0 Å². The minimum atomic E-state index is -4.24. The number of imidazole rings is 1. The second-order valence-corrected chi connectivity index (χ2v) is 5.15. The van der Waals surface area contributed by atoms with E-state index < -0.39 is 18.6 Å². The number of fused-ring (bicyclic) bond motifs is 1. The molecule has 0 aliphatic carbocycles. The Morgan fingerprint density at radius 1 is 1.38 bits per heavy atom. The van der Waals surface area contributed by atoms with Crippen molar-refractivity contribution in [3.05, 3.63) is 29.6 Å². The van der Waals surface area contributed by atoms with Crippen molar-refractivity contribution in [2.24, 2.45) is 0 Å². The molecule has 2 rings (SSSR count). The van der Waals surface area contributed by atoms with Gasteiger partial charge < -0.3 is 9.67 Å². The first-order valence-corrected chi connectivity index (χ1v) is 6.49. The van der Waals surface area contributed by atoms with E-state index in [4.69, 9.17) is 5.11 Å². The molecule has 0 aliphatic rings. The summed E-state index contributed by atoms with van der Waals surface area (Å²) in [4.78, 5) is 15.2. The normalized spacial score (nSPS) is 12.3. The number of halogens is 3. The average molecular weight is 300 g/mol. The number of carbonyl (C=O) groups is 1. The van der Waals surface area contributed by atoms with E-state index in [1.54, 1.807) is 0 Å². The summed E-state index contributed by atoms with van der Waals surface area (Å²) < 4.78 is 38.8. The Morgan fingerprint density at radius 2 is 2.05 bits per heavy atom. The van der Waals surface area contributed by atoms with Gasteiger partial charge in [-0.05, 0) is 18.2 Å². The van der Waals surface area contributed by atoms with Crippen LogP contribution in [0.2, 0.25) is 0 Å². The quantitative estimate of drug-likeness (QED) is 0.934. The zero-order chi connectivity index (χ0) is 15.8. The van der Waals surface area contributed by atoms with Gasteiger partial charge in [0.25, 0.3) is 0 Å². The number of alkyl halides is 3. The summed E-state index contributed by atoms with van der Waals surface area (Å²) in [6.45, 7) is 3.45. The molecule has 114 valence electrons. The van der Waals surface area contributed by atoms with Crippen molar-refractivity contribution >= 4 is 17.0 Å². The fraction of sp³-hybridized carbons (Fsp3) is 0.429. The molecule has 4 nitrogen and oxygen atoms in total. The Labute approximate surface area is 119 Å². The number of aromatic nitrogens is 2. The lowest BCUT2D eigenvalue weighted by molar-refractivity contribution is -0.136. The van der Waals surface area contributed by atoms with Crippen LogP contribution in [0.3, 0.4) is 0 Å². The standard InChI is InChI=1S/C14H15F3N2O2/c1-8(2)12-18-10-7-9(13(20)21)3-4-11(10)19(12)6-5-14(15,16)17/h3-4,7-8H,5-6H2,1-2H3,(H,20,21).